The summed E-state index contributed by atoms with van der Waals surface area (Å²) in [6, 6.07) is 14.7. The van der Waals surface area contributed by atoms with Gasteiger partial charge in [0.1, 0.15) is 5.75 Å². The molecule has 2 aromatic rings. The van der Waals surface area contributed by atoms with E-state index in [0.717, 1.165) is 29.1 Å². The predicted octanol–water partition coefficient (Wildman–Crippen LogP) is 3.92. The van der Waals surface area contributed by atoms with E-state index in [9.17, 15) is 4.79 Å². The Morgan fingerprint density at radius 1 is 1.12 bits per heavy atom. The zero-order valence-corrected chi connectivity index (χ0v) is 15.2. The highest BCUT2D eigenvalue weighted by Crippen LogP contribution is 2.29. The number of para-hydroxylation sites is 1. The Kier molecular flexibility index (Phi) is 5.39. The standard InChI is InChI=1S/C21H26N2O2/c1-15-5-4-6-16(2)21(15)22-20(24)14-23(18-9-10-18)13-17-7-11-19(25-3)12-8-17/h4-8,11-12,18H,9-10,13-14H2,1-3H3,(H,22,24). The van der Waals surface area contributed by atoms with Crippen LogP contribution in [0.3, 0.4) is 0 Å². The van der Waals surface area contributed by atoms with Crippen LogP contribution in [0.25, 0.3) is 0 Å². The van der Waals surface area contributed by atoms with E-state index < -0.39 is 0 Å². The molecule has 4 nitrogen and oxygen atoms in total. The van der Waals surface area contributed by atoms with Crippen molar-refractivity contribution in [3.05, 3.63) is 59.2 Å². The lowest BCUT2D eigenvalue weighted by Crippen LogP contribution is -2.34. The van der Waals surface area contributed by atoms with Crippen molar-refractivity contribution in [2.45, 2.75) is 39.3 Å². The van der Waals surface area contributed by atoms with Crippen molar-refractivity contribution in [1.82, 2.24) is 4.90 Å². The molecule has 1 saturated carbocycles. The summed E-state index contributed by atoms with van der Waals surface area (Å²) < 4.78 is 5.21. The lowest BCUT2D eigenvalue weighted by atomic mass is 10.1. The first-order valence-corrected chi connectivity index (χ1v) is 8.80. The number of ether oxygens (including phenoxy) is 1. The second-order valence-electron chi connectivity index (χ2n) is 6.80. The average Bonchev–Trinajstić information content (AvgIpc) is 3.43. The van der Waals surface area contributed by atoms with Gasteiger partial charge in [0.2, 0.25) is 5.91 Å². The van der Waals surface area contributed by atoms with Gasteiger partial charge in [-0.2, -0.15) is 0 Å². The first-order valence-electron chi connectivity index (χ1n) is 8.80. The van der Waals surface area contributed by atoms with Gasteiger partial charge in [-0.05, 0) is 55.5 Å². The summed E-state index contributed by atoms with van der Waals surface area (Å²) in [6.45, 7) is 5.26. The molecule has 4 heteroatoms. The quantitative estimate of drug-likeness (QED) is 0.832. The van der Waals surface area contributed by atoms with Gasteiger partial charge < -0.3 is 10.1 Å². The summed E-state index contributed by atoms with van der Waals surface area (Å²) in [5.74, 6) is 0.910. The van der Waals surface area contributed by atoms with Gasteiger partial charge in [-0.15, -0.1) is 0 Å². The van der Waals surface area contributed by atoms with Crippen molar-refractivity contribution < 1.29 is 9.53 Å². The number of hydrogen-bond donors (Lipinski definition) is 1. The van der Waals surface area contributed by atoms with Crippen LogP contribution in [0.5, 0.6) is 5.75 Å². The van der Waals surface area contributed by atoms with Crippen LogP contribution in [0.1, 0.15) is 29.5 Å². The Hall–Kier alpha value is -2.33. The fourth-order valence-electron chi connectivity index (χ4n) is 3.09. The Morgan fingerprint density at radius 2 is 1.76 bits per heavy atom. The van der Waals surface area contributed by atoms with Crippen LogP contribution in [0.2, 0.25) is 0 Å². The van der Waals surface area contributed by atoms with Gasteiger partial charge in [-0.1, -0.05) is 30.3 Å². The maximum atomic E-state index is 12.6. The molecule has 0 spiro atoms. The topological polar surface area (TPSA) is 41.6 Å². The van der Waals surface area contributed by atoms with Crippen molar-refractivity contribution >= 4 is 11.6 Å². The molecule has 1 aliphatic rings. The van der Waals surface area contributed by atoms with Gasteiger partial charge in [-0.25, -0.2) is 0 Å². The van der Waals surface area contributed by atoms with Crippen LogP contribution in [0.4, 0.5) is 5.69 Å². The average molecular weight is 338 g/mol. The lowest BCUT2D eigenvalue weighted by Gasteiger charge is -2.22. The van der Waals surface area contributed by atoms with Gasteiger partial charge >= 0.3 is 0 Å². The minimum Gasteiger partial charge on any atom is -0.497 e. The van der Waals surface area contributed by atoms with Crippen LogP contribution in [-0.2, 0) is 11.3 Å². The van der Waals surface area contributed by atoms with Crippen molar-refractivity contribution in [1.29, 1.82) is 0 Å². The Morgan fingerprint density at radius 3 is 2.32 bits per heavy atom. The molecule has 0 saturated heterocycles. The van der Waals surface area contributed by atoms with Crippen LogP contribution >= 0.6 is 0 Å². The number of amides is 1. The number of aryl methyl sites for hydroxylation is 2. The molecule has 0 radical (unpaired) electrons. The molecule has 0 heterocycles. The first-order chi connectivity index (χ1) is 12.1. The molecule has 1 N–H and O–H groups in total. The van der Waals surface area contributed by atoms with Crippen molar-refractivity contribution in [2.24, 2.45) is 0 Å². The molecule has 25 heavy (non-hydrogen) atoms. The Balaban J connectivity index is 1.64. The molecule has 0 aromatic heterocycles. The van der Waals surface area contributed by atoms with Crippen molar-refractivity contribution in [2.75, 3.05) is 19.0 Å². The van der Waals surface area contributed by atoms with Gasteiger partial charge in [0.05, 0.1) is 13.7 Å². The van der Waals surface area contributed by atoms with Gasteiger partial charge in [-0.3, -0.25) is 9.69 Å². The van der Waals surface area contributed by atoms with E-state index >= 15 is 0 Å². The zero-order valence-electron chi connectivity index (χ0n) is 15.2. The molecule has 2 aromatic carbocycles. The van der Waals surface area contributed by atoms with Crippen LogP contribution in [0, 0.1) is 13.8 Å². The number of carbonyl (C=O) groups excluding carboxylic acids is 1. The fourth-order valence-corrected chi connectivity index (χ4v) is 3.09. The zero-order chi connectivity index (χ0) is 17.8. The third-order valence-electron chi connectivity index (χ3n) is 4.70. The third kappa shape index (κ3) is 4.60. The second-order valence-corrected chi connectivity index (χ2v) is 6.80. The number of nitrogens with zero attached hydrogens (tertiary/aromatic N) is 1. The monoisotopic (exact) mass is 338 g/mol. The minimum absolute atomic E-state index is 0.0535. The molecule has 3 rings (SSSR count). The van der Waals surface area contributed by atoms with Gasteiger partial charge in [0.25, 0.3) is 0 Å². The summed E-state index contributed by atoms with van der Waals surface area (Å²) in [5, 5.41) is 3.10. The smallest absolute Gasteiger partial charge is 0.238 e. The largest absolute Gasteiger partial charge is 0.497 e. The van der Waals surface area contributed by atoms with E-state index in [2.05, 4.69) is 22.3 Å². The highest BCUT2D eigenvalue weighted by atomic mass is 16.5. The number of nitrogens with one attached hydrogen (secondary N) is 1. The lowest BCUT2D eigenvalue weighted by molar-refractivity contribution is -0.117. The summed E-state index contributed by atoms with van der Waals surface area (Å²) >= 11 is 0. The normalized spacial score (nSPS) is 13.8. The van der Waals surface area contributed by atoms with E-state index in [0.29, 0.717) is 12.6 Å². The highest BCUT2D eigenvalue weighted by molar-refractivity contribution is 5.93. The number of benzene rings is 2. The maximum absolute atomic E-state index is 12.6. The van der Waals surface area contributed by atoms with Gasteiger partial charge in [0.15, 0.2) is 0 Å². The maximum Gasteiger partial charge on any atom is 0.238 e. The summed E-state index contributed by atoms with van der Waals surface area (Å²) in [6.07, 6.45) is 2.35. The van der Waals surface area contributed by atoms with Gasteiger partial charge in [0, 0.05) is 18.3 Å². The third-order valence-corrected chi connectivity index (χ3v) is 4.70. The molecular formula is C21H26N2O2. The van der Waals surface area contributed by atoms with E-state index in [1.807, 2.05) is 44.2 Å². The molecule has 1 amide bonds. The SMILES string of the molecule is COc1ccc(CN(CC(=O)Nc2c(C)cccc2C)C2CC2)cc1. The first kappa shape index (κ1) is 17.5. The Bertz CT molecular complexity index is 716. The molecule has 0 aliphatic heterocycles. The van der Waals surface area contributed by atoms with Crippen molar-refractivity contribution in [3.8, 4) is 5.75 Å². The van der Waals surface area contributed by atoms with E-state index in [1.54, 1.807) is 7.11 Å². The summed E-state index contributed by atoms with van der Waals surface area (Å²) in [4.78, 5) is 14.8. The summed E-state index contributed by atoms with van der Waals surface area (Å²) in [7, 11) is 1.67. The minimum atomic E-state index is 0.0535. The predicted molar refractivity (Wildman–Crippen MR) is 101 cm³/mol. The van der Waals surface area contributed by atoms with E-state index in [4.69, 9.17) is 4.74 Å². The number of hydrogen-bond acceptors (Lipinski definition) is 3. The molecule has 0 unspecified atom stereocenters. The Labute approximate surface area is 149 Å². The highest BCUT2D eigenvalue weighted by Gasteiger charge is 2.30. The number of rotatable bonds is 7. The summed E-state index contributed by atoms with van der Waals surface area (Å²) in [5.41, 5.74) is 4.34. The van der Waals surface area contributed by atoms with E-state index in [1.165, 1.54) is 18.4 Å². The van der Waals surface area contributed by atoms with Crippen LogP contribution in [-0.4, -0.2) is 30.5 Å². The molecule has 1 fully saturated rings. The number of carbonyl (C=O) groups is 1. The molecule has 0 bridgehead atoms. The van der Waals surface area contributed by atoms with Crippen LogP contribution < -0.4 is 10.1 Å². The molecule has 132 valence electrons. The molecular weight excluding hydrogens is 312 g/mol. The number of methoxy groups -OCH3 is 1. The second kappa shape index (κ2) is 7.70. The molecule has 1 aliphatic carbocycles. The van der Waals surface area contributed by atoms with Crippen LogP contribution in [0.15, 0.2) is 42.5 Å². The van der Waals surface area contributed by atoms with E-state index in [-0.39, 0.29) is 5.91 Å². The van der Waals surface area contributed by atoms with Crippen molar-refractivity contribution in [3.63, 3.8) is 0 Å². The fraction of sp³-hybridized carbons (Fsp3) is 0.381. The number of anilines is 1. The molecule has 0 atom stereocenters.